The first-order valence-corrected chi connectivity index (χ1v) is 6.91. The monoisotopic (exact) mass is 270 g/mol. The summed E-state index contributed by atoms with van der Waals surface area (Å²) in [5.41, 5.74) is 7.83. The van der Waals surface area contributed by atoms with Crippen molar-refractivity contribution in [1.82, 2.24) is 19.9 Å². The molecule has 2 aromatic heterocycles. The lowest BCUT2D eigenvalue weighted by Crippen LogP contribution is -2.31. The Morgan fingerprint density at radius 3 is 2.65 bits per heavy atom. The number of nitrogens with zero attached hydrogens (tertiary/aromatic N) is 5. The molecule has 104 valence electrons. The zero-order chi connectivity index (χ0) is 13.9. The van der Waals surface area contributed by atoms with Gasteiger partial charge in [0.1, 0.15) is 0 Å². The van der Waals surface area contributed by atoms with Gasteiger partial charge in [0, 0.05) is 31.0 Å². The standard InChI is InChI=1S/C14H18N6/c1-10-9-16-6-5-11(10)12-17-13(15)19-14(18-12)20-7-3-2-4-8-20/h5-6,9H,2-4,7-8H2,1H3,(H2,15,17,18,19). The Morgan fingerprint density at radius 2 is 1.90 bits per heavy atom. The molecule has 2 N–H and O–H groups in total. The average molecular weight is 270 g/mol. The van der Waals surface area contributed by atoms with E-state index in [0.717, 1.165) is 24.2 Å². The minimum absolute atomic E-state index is 0.270. The molecule has 20 heavy (non-hydrogen) atoms. The zero-order valence-corrected chi connectivity index (χ0v) is 11.6. The maximum Gasteiger partial charge on any atom is 0.230 e. The van der Waals surface area contributed by atoms with E-state index in [9.17, 15) is 0 Å². The molecule has 0 bridgehead atoms. The van der Waals surface area contributed by atoms with E-state index in [4.69, 9.17) is 5.73 Å². The highest BCUT2D eigenvalue weighted by Gasteiger charge is 2.16. The molecule has 3 heterocycles. The summed E-state index contributed by atoms with van der Waals surface area (Å²) >= 11 is 0. The summed E-state index contributed by atoms with van der Waals surface area (Å²) in [6.07, 6.45) is 7.16. The summed E-state index contributed by atoms with van der Waals surface area (Å²) in [5, 5.41) is 0. The number of aryl methyl sites for hydroxylation is 1. The van der Waals surface area contributed by atoms with Crippen molar-refractivity contribution >= 4 is 11.9 Å². The molecule has 6 heteroatoms. The summed E-state index contributed by atoms with van der Waals surface area (Å²) in [5.74, 6) is 1.58. The van der Waals surface area contributed by atoms with Crippen LogP contribution in [-0.2, 0) is 0 Å². The Balaban J connectivity index is 2.00. The quantitative estimate of drug-likeness (QED) is 0.896. The number of pyridine rings is 1. The minimum atomic E-state index is 0.270. The van der Waals surface area contributed by atoms with Gasteiger partial charge in [-0.3, -0.25) is 4.98 Å². The van der Waals surface area contributed by atoms with Gasteiger partial charge in [0.25, 0.3) is 0 Å². The van der Waals surface area contributed by atoms with Gasteiger partial charge in [-0.15, -0.1) is 0 Å². The number of aromatic nitrogens is 4. The van der Waals surface area contributed by atoms with Gasteiger partial charge in [0.2, 0.25) is 11.9 Å². The smallest absolute Gasteiger partial charge is 0.230 e. The number of piperidine rings is 1. The van der Waals surface area contributed by atoms with E-state index in [1.807, 2.05) is 13.0 Å². The third kappa shape index (κ3) is 2.54. The molecule has 1 aliphatic rings. The van der Waals surface area contributed by atoms with E-state index >= 15 is 0 Å². The molecule has 1 saturated heterocycles. The predicted molar refractivity (Wildman–Crippen MR) is 78.3 cm³/mol. The van der Waals surface area contributed by atoms with Crippen LogP contribution in [0.4, 0.5) is 11.9 Å². The second kappa shape index (κ2) is 5.40. The van der Waals surface area contributed by atoms with E-state index in [-0.39, 0.29) is 5.95 Å². The summed E-state index contributed by atoms with van der Waals surface area (Å²) < 4.78 is 0. The fraction of sp³-hybridized carbons (Fsp3) is 0.429. The Morgan fingerprint density at radius 1 is 1.10 bits per heavy atom. The van der Waals surface area contributed by atoms with Crippen LogP contribution in [0, 0.1) is 6.92 Å². The van der Waals surface area contributed by atoms with Crippen LogP contribution in [-0.4, -0.2) is 33.0 Å². The van der Waals surface area contributed by atoms with Crippen molar-refractivity contribution in [2.45, 2.75) is 26.2 Å². The molecule has 0 spiro atoms. The highest BCUT2D eigenvalue weighted by atomic mass is 15.3. The third-order valence-corrected chi connectivity index (χ3v) is 3.54. The lowest BCUT2D eigenvalue weighted by molar-refractivity contribution is 0.568. The molecule has 2 aromatic rings. The van der Waals surface area contributed by atoms with Crippen LogP contribution in [0.1, 0.15) is 24.8 Å². The average Bonchev–Trinajstić information content (AvgIpc) is 2.48. The van der Waals surface area contributed by atoms with Crippen LogP contribution in [0.2, 0.25) is 0 Å². The molecule has 0 aromatic carbocycles. The minimum Gasteiger partial charge on any atom is -0.368 e. The van der Waals surface area contributed by atoms with Crippen molar-refractivity contribution < 1.29 is 0 Å². The van der Waals surface area contributed by atoms with Gasteiger partial charge in [-0.25, -0.2) is 0 Å². The maximum absolute atomic E-state index is 5.85. The summed E-state index contributed by atoms with van der Waals surface area (Å²) in [6, 6.07) is 1.91. The Kier molecular flexibility index (Phi) is 3.45. The summed E-state index contributed by atoms with van der Waals surface area (Å²) in [4.78, 5) is 19.4. The zero-order valence-electron chi connectivity index (χ0n) is 11.6. The van der Waals surface area contributed by atoms with Crippen LogP contribution >= 0.6 is 0 Å². The first kappa shape index (κ1) is 12.8. The first-order chi connectivity index (χ1) is 9.74. The molecule has 0 unspecified atom stereocenters. The van der Waals surface area contributed by atoms with Crippen molar-refractivity contribution in [3.8, 4) is 11.4 Å². The van der Waals surface area contributed by atoms with Gasteiger partial charge in [0.15, 0.2) is 5.82 Å². The fourth-order valence-electron chi connectivity index (χ4n) is 2.46. The fourth-order valence-corrected chi connectivity index (χ4v) is 2.46. The van der Waals surface area contributed by atoms with Crippen molar-refractivity contribution in [2.24, 2.45) is 0 Å². The summed E-state index contributed by atoms with van der Waals surface area (Å²) in [7, 11) is 0. The molecular formula is C14H18N6. The van der Waals surface area contributed by atoms with Crippen molar-refractivity contribution in [3.63, 3.8) is 0 Å². The van der Waals surface area contributed by atoms with Crippen LogP contribution in [0.15, 0.2) is 18.5 Å². The summed E-state index contributed by atoms with van der Waals surface area (Å²) in [6.45, 7) is 3.96. The largest absolute Gasteiger partial charge is 0.368 e. The molecule has 6 nitrogen and oxygen atoms in total. The second-order valence-corrected chi connectivity index (χ2v) is 5.06. The molecule has 1 fully saturated rings. The van der Waals surface area contributed by atoms with Gasteiger partial charge in [-0.05, 0) is 37.8 Å². The third-order valence-electron chi connectivity index (χ3n) is 3.54. The molecule has 0 radical (unpaired) electrons. The van der Waals surface area contributed by atoms with Gasteiger partial charge < -0.3 is 10.6 Å². The van der Waals surface area contributed by atoms with E-state index < -0.39 is 0 Å². The van der Waals surface area contributed by atoms with E-state index in [1.54, 1.807) is 12.4 Å². The van der Waals surface area contributed by atoms with Crippen LogP contribution < -0.4 is 10.6 Å². The van der Waals surface area contributed by atoms with Crippen LogP contribution in [0.5, 0.6) is 0 Å². The highest BCUT2D eigenvalue weighted by molar-refractivity contribution is 5.61. The number of rotatable bonds is 2. The number of hydrogen-bond donors (Lipinski definition) is 1. The maximum atomic E-state index is 5.85. The Hall–Kier alpha value is -2.24. The number of nitrogens with two attached hydrogens (primary N) is 1. The van der Waals surface area contributed by atoms with Crippen molar-refractivity contribution in [3.05, 3.63) is 24.0 Å². The topological polar surface area (TPSA) is 80.8 Å². The van der Waals surface area contributed by atoms with Gasteiger partial charge >= 0.3 is 0 Å². The Labute approximate surface area is 118 Å². The van der Waals surface area contributed by atoms with E-state index in [1.165, 1.54) is 19.3 Å². The van der Waals surface area contributed by atoms with E-state index in [0.29, 0.717) is 11.8 Å². The molecule has 0 saturated carbocycles. The normalized spacial score (nSPS) is 15.3. The number of nitrogen functional groups attached to an aromatic ring is 1. The Bertz CT molecular complexity index is 606. The molecule has 0 aliphatic carbocycles. The van der Waals surface area contributed by atoms with Crippen LogP contribution in [0.3, 0.4) is 0 Å². The molecule has 0 amide bonds. The van der Waals surface area contributed by atoms with Gasteiger partial charge in [-0.2, -0.15) is 15.0 Å². The lowest BCUT2D eigenvalue weighted by atomic mass is 10.1. The van der Waals surface area contributed by atoms with E-state index in [2.05, 4.69) is 24.8 Å². The molecule has 3 rings (SSSR count). The SMILES string of the molecule is Cc1cnccc1-c1nc(N)nc(N2CCCCC2)n1. The number of hydrogen-bond acceptors (Lipinski definition) is 6. The predicted octanol–water partition coefficient (Wildman–Crippen LogP) is 1.81. The van der Waals surface area contributed by atoms with Crippen LogP contribution in [0.25, 0.3) is 11.4 Å². The highest BCUT2D eigenvalue weighted by Crippen LogP contribution is 2.22. The number of anilines is 2. The lowest BCUT2D eigenvalue weighted by Gasteiger charge is -2.26. The molecule has 1 aliphatic heterocycles. The van der Waals surface area contributed by atoms with Crippen molar-refractivity contribution in [1.29, 1.82) is 0 Å². The molecular weight excluding hydrogens is 252 g/mol. The second-order valence-electron chi connectivity index (χ2n) is 5.06. The van der Waals surface area contributed by atoms with Gasteiger partial charge in [0.05, 0.1) is 0 Å². The van der Waals surface area contributed by atoms with Gasteiger partial charge in [-0.1, -0.05) is 0 Å². The van der Waals surface area contributed by atoms with Crippen molar-refractivity contribution in [2.75, 3.05) is 23.7 Å². The molecule has 0 atom stereocenters. The first-order valence-electron chi connectivity index (χ1n) is 6.91.